The number of rotatable bonds is 44. The molecule has 36 heteroatoms. The van der Waals surface area contributed by atoms with E-state index in [1.54, 1.807) is 0 Å². The molecule has 0 radical (unpaired) electrons. The maximum absolute atomic E-state index is 13.6. The molecule has 8 amide bonds. The Bertz CT molecular complexity index is 2210. The number of ether oxygens (including phenoxy) is 11. The third-order valence-electron chi connectivity index (χ3n) is 14.0. The van der Waals surface area contributed by atoms with E-state index < -0.39 is 177 Å². The second kappa shape index (κ2) is 43.8. The molecule has 0 aromatic rings. The van der Waals surface area contributed by atoms with Crippen molar-refractivity contribution in [1.29, 1.82) is 0 Å². The molecule has 17 N–H and O–H groups in total. The Kier molecular flexibility index (Phi) is 38.7. The van der Waals surface area contributed by atoms with Crippen LogP contribution in [0.1, 0.15) is 80.1 Å². The van der Waals surface area contributed by atoms with Crippen LogP contribution in [0, 0.1) is 0 Å². The largest absolute Gasteiger partial charge is 0.394 e. The van der Waals surface area contributed by atoms with Gasteiger partial charge in [0.2, 0.25) is 47.3 Å². The smallest absolute Gasteiger partial charge is 0.242 e. The van der Waals surface area contributed by atoms with Gasteiger partial charge in [-0.1, -0.05) is 0 Å². The average Bonchev–Trinajstić information content (AvgIpc) is 0.989. The normalized spacial score (nSPS) is 27.2. The number of nitrogens with one attached hydrogen (secondary N) is 8. The monoisotopic (exact) mass is 1330 g/mol. The lowest BCUT2D eigenvalue weighted by Crippen LogP contribution is -2.64. The van der Waals surface area contributed by atoms with Crippen LogP contribution < -0.4 is 42.5 Å². The lowest BCUT2D eigenvalue weighted by Gasteiger charge is -2.42. The van der Waals surface area contributed by atoms with Crippen LogP contribution in [0.25, 0.3) is 0 Å². The first-order chi connectivity index (χ1) is 43.7. The summed E-state index contributed by atoms with van der Waals surface area (Å²) in [5, 5.41) is 112. The predicted molar refractivity (Wildman–Crippen MR) is 314 cm³/mol. The summed E-state index contributed by atoms with van der Waals surface area (Å²) in [5.74, 6) is -4.65. The third-order valence-corrected chi connectivity index (χ3v) is 14.0. The van der Waals surface area contributed by atoms with Gasteiger partial charge in [-0.25, -0.2) is 0 Å². The highest BCUT2D eigenvalue weighted by molar-refractivity contribution is 5.89. The van der Waals surface area contributed by atoms with Crippen molar-refractivity contribution >= 4 is 47.3 Å². The molecule has 3 aliphatic rings. The van der Waals surface area contributed by atoms with Crippen LogP contribution in [-0.2, 0) is 90.5 Å². The van der Waals surface area contributed by atoms with Crippen molar-refractivity contribution in [2.24, 2.45) is 0 Å². The van der Waals surface area contributed by atoms with Crippen LogP contribution in [0.4, 0.5) is 0 Å². The lowest BCUT2D eigenvalue weighted by atomic mass is 9.97. The topological polar surface area (TPSA) is 516 Å². The molecule has 17 unspecified atom stereocenters. The van der Waals surface area contributed by atoms with Crippen molar-refractivity contribution in [2.45, 2.75) is 190 Å². The number of amides is 8. The molecular weight excluding hydrogens is 1230 g/mol. The van der Waals surface area contributed by atoms with Gasteiger partial charge in [0.15, 0.2) is 18.9 Å². The minimum absolute atomic E-state index is 0.00170. The fourth-order valence-corrected chi connectivity index (χ4v) is 9.39. The summed E-state index contributed by atoms with van der Waals surface area (Å²) < 4.78 is 61.3. The lowest BCUT2D eigenvalue weighted by molar-refractivity contribution is -0.272. The van der Waals surface area contributed by atoms with Crippen molar-refractivity contribution < 1.29 is 136 Å². The second-order valence-electron chi connectivity index (χ2n) is 22.7. The Labute approximate surface area is 533 Å². The van der Waals surface area contributed by atoms with E-state index in [1.165, 1.54) is 20.8 Å². The molecule has 0 bridgehead atoms. The predicted octanol–water partition coefficient (Wildman–Crippen LogP) is -8.59. The number of hydrogen-bond acceptors (Lipinski definition) is 28. The van der Waals surface area contributed by atoms with Gasteiger partial charge in [-0.2, -0.15) is 0 Å². The molecule has 17 atom stereocenters. The Hall–Kier alpha value is -5.04. The van der Waals surface area contributed by atoms with E-state index in [2.05, 4.69) is 42.5 Å². The molecule has 0 saturated carbocycles. The second-order valence-corrected chi connectivity index (χ2v) is 22.7. The molecule has 92 heavy (non-hydrogen) atoms. The maximum atomic E-state index is 13.6. The molecule has 532 valence electrons. The van der Waals surface area contributed by atoms with Crippen LogP contribution in [-0.4, -0.2) is 322 Å². The van der Waals surface area contributed by atoms with E-state index >= 15 is 0 Å². The van der Waals surface area contributed by atoms with Gasteiger partial charge >= 0.3 is 0 Å². The molecular formula is C56H100N8O28. The van der Waals surface area contributed by atoms with E-state index in [0.29, 0.717) is 0 Å². The Morgan fingerprint density at radius 3 is 1.13 bits per heavy atom. The van der Waals surface area contributed by atoms with Gasteiger partial charge in [0.1, 0.15) is 85.1 Å². The van der Waals surface area contributed by atoms with E-state index in [0.717, 1.165) is 0 Å². The van der Waals surface area contributed by atoms with Crippen LogP contribution in [0.5, 0.6) is 0 Å². The van der Waals surface area contributed by atoms with Crippen molar-refractivity contribution in [3.8, 4) is 0 Å². The molecule has 0 spiro atoms. The van der Waals surface area contributed by atoms with Crippen LogP contribution in [0.3, 0.4) is 0 Å². The minimum atomic E-state index is -1.53. The number of carbonyl (C=O) groups excluding carboxylic acids is 8. The summed E-state index contributed by atoms with van der Waals surface area (Å²) in [7, 11) is 0. The van der Waals surface area contributed by atoms with Gasteiger partial charge in [-0.15, -0.1) is 0 Å². The summed E-state index contributed by atoms with van der Waals surface area (Å²) in [6, 6.07) is -5.95. The number of hydrogen-bond donors (Lipinski definition) is 17. The summed E-state index contributed by atoms with van der Waals surface area (Å²) in [4.78, 5) is 102. The number of aliphatic hydroxyl groups excluding tert-OH is 9. The molecule has 3 aliphatic heterocycles. The Morgan fingerprint density at radius 1 is 0.413 bits per heavy atom. The first-order valence-electron chi connectivity index (χ1n) is 30.6. The Balaban J connectivity index is 1.59. The molecule has 36 nitrogen and oxygen atoms in total. The van der Waals surface area contributed by atoms with Gasteiger partial charge in [0, 0.05) is 59.7 Å². The van der Waals surface area contributed by atoms with Crippen molar-refractivity contribution in [3.05, 3.63) is 0 Å². The minimum Gasteiger partial charge on any atom is -0.394 e. The SMILES string of the molecule is CC(=O)NC1C(OCCOCCNC(=O)CCC(NC(=O)CCCC(NC(=O)CCOCCOC(C)(C)C)C(=O)NCCOCCOC2OC(CO)C(O)C(O)C2NC(C)=O)C(=O)NCCOCCOC2OC(CO)C(O)C(O)C2NC(C)=O)OC(CO)C(O)C1O. The molecule has 3 rings (SSSR count). The highest BCUT2D eigenvalue weighted by Gasteiger charge is 2.48. The maximum Gasteiger partial charge on any atom is 0.242 e. The van der Waals surface area contributed by atoms with Gasteiger partial charge in [-0.3, -0.25) is 38.4 Å². The molecule has 3 fully saturated rings. The fourth-order valence-electron chi connectivity index (χ4n) is 9.39. The van der Waals surface area contributed by atoms with Gasteiger partial charge in [0.25, 0.3) is 0 Å². The summed E-state index contributed by atoms with van der Waals surface area (Å²) in [6.45, 7) is 6.86. The summed E-state index contributed by atoms with van der Waals surface area (Å²) in [6.07, 6.45) is -17.3. The zero-order valence-corrected chi connectivity index (χ0v) is 53.1. The van der Waals surface area contributed by atoms with Gasteiger partial charge in [0.05, 0.1) is 105 Å². The fraction of sp³-hybridized carbons (Fsp3) is 0.857. The number of carbonyl (C=O) groups is 8. The van der Waals surface area contributed by atoms with Crippen molar-refractivity contribution in [2.75, 3.05) is 119 Å². The van der Waals surface area contributed by atoms with Crippen LogP contribution in [0.15, 0.2) is 0 Å². The van der Waals surface area contributed by atoms with Crippen LogP contribution in [0.2, 0.25) is 0 Å². The van der Waals surface area contributed by atoms with Crippen LogP contribution >= 0.6 is 0 Å². The van der Waals surface area contributed by atoms with E-state index in [1.807, 2.05) is 20.8 Å². The average molecular weight is 1330 g/mol. The van der Waals surface area contributed by atoms with Crippen molar-refractivity contribution in [3.63, 3.8) is 0 Å². The zero-order chi connectivity index (χ0) is 68.3. The van der Waals surface area contributed by atoms with E-state index in [9.17, 15) is 84.3 Å². The Morgan fingerprint density at radius 2 is 0.761 bits per heavy atom. The first-order valence-corrected chi connectivity index (χ1v) is 30.6. The highest BCUT2D eigenvalue weighted by Crippen LogP contribution is 2.25. The third kappa shape index (κ3) is 30.6. The standard InChI is InChI=1S/C56H100N8O28/c1-31(68)60-42-48(77)45(74)36(28-65)90-53(42)86-24-20-83-17-13-57-39(71)11-10-35(52(81)59-15-19-85-22-26-88-55-44(62-33(3)70)50(79)47(76)38(30-67)92-55)64-40(72)9-7-8-34(63-41(73)12-16-82-23-27-89-56(4,5)6)51(80)58-14-18-84-21-25-87-54-43(61-32(2)69)49(78)46(75)37(29-66)91-54/h34-38,42-50,53-55,65-67,74-79H,7-30H2,1-6H3,(H,57,71)(H,58,80)(H,59,81)(H,60,68)(H,61,69)(H,62,70)(H,63,73)(H,64,72). The van der Waals surface area contributed by atoms with E-state index in [-0.39, 0.29) is 137 Å². The quantitative estimate of drug-likeness (QED) is 0.0252. The zero-order valence-electron chi connectivity index (χ0n) is 53.1. The molecule has 0 aromatic carbocycles. The van der Waals surface area contributed by atoms with E-state index in [4.69, 9.17) is 52.1 Å². The number of aliphatic hydroxyl groups is 9. The summed E-state index contributed by atoms with van der Waals surface area (Å²) >= 11 is 0. The molecule has 0 aromatic heterocycles. The summed E-state index contributed by atoms with van der Waals surface area (Å²) in [5.41, 5.74) is -0.401. The highest BCUT2D eigenvalue weighted by atomic mass is 16.7. The first kappa shape index (κ1) is 81.2. The van der Waals surface area contributed by atoms with Gasteiger partial charge in [-0.05, 0) is 40.0 Å². The van der Waals surface area contributed by atoms with Gasteiger partial charge < -0.3 is 141 Å². The molecule has 3 saturated heterocycles. The van der Waals surface area contributed by atoms with Crippen molar-refractivity contribution in [1.82, 2.24) is 42.5 Å². The molecule has 0 aliphatic carbocycles. The molecule has 3 heterocycles.